The van der Waals surface area contributed by atoms with Crippen molar-refractivity contribution in [1.29, 1.82) is 0 Å². The van der Waals surface area contributed by atoms with Crippen LogP contribution in [0, 0.1) is 0 Å². The second-order valence-electron chi connectivity index (χ2n) is 4.23. The molecule has 0 aliphatic heterocycles. The van der Waals surface area contributed by atoms with Gasteiger partial charge >= 0.3 is 0 Å². The highest BCUT2D eigenvalue weighted by Gasteiger charge is 2.08. The molecular formula is C11H21N3. The Morgan fingerprint density at radius 3 is 2.29 bits per heavy atom. The predicted molar refractivity (Wildman–Crippen MR) is 63.1 cm³/mol. The van der Waals surface area contributed by atoms with Crippen LogP contribution in [0.3, 0.4) is 0 Å². The van der Waals surface area contributed by atoms with Crippen LogP contribution in [-0.4, -0.2) is 11.4 Å². The number of allylic oxidation sites excluding steroid dienone is 2. The zero-order valence-electron chi connectivity index (χ0n) is 9.76. The van der Waals surface area contributed by atoms with E-state index in [1.54, 1.807) is 13.1 Å². The highest BCUT2D eigenvalue weighted by Crippen LogP contribution is 2.04. The first-order chi connectivity index (χ1) is 6.35. The number of nitrogens with one attached hydrogen (secondary N) is 1. The van der Waals surface area contributed by atoms with Crippen molar-refractivity contribution in [1.82, 2.24) is 5.32 Å². The van der Waals surface area contributed by atoms with E-state index in [-0.39, 0.29) is 5.54 Å². The molecule has 0 heterocycles. The van der Waals surface area contributed by atoms with Crippen molar-refractivity contribution >= 4 is 5.84 Å². The van der Waals surface area contributed by atoms with Crippen LogP contribution < -0.4 is 11.1 Å². The summed E-state index contributed by atoms with van der Waals surface area (Å²) in [5.41, 5.74) is 6.45. The summed E-state index contributed by atoms with van der Waals surface area (Å²) in [5.74, 6) is 0.558. The lowest BCUT2D eigenvalue weighted by molar-refractivity contribution is 0.479. The molecule has 0 atom stereocenters. The van der Waals surface area contributed by atoms with E-state index in [4.69, 9.17) is 5.73 Å². The zero-order chi connectivity index (χ0) is 11.2. The van der Waals surface area contributed by atoms with Gasteiger partial charge in [-0.1, -0.05) is 6.08 Å². The van der Waals surface area contributed by atoms with E-state index in [9.17, 15) is 0 Å². The fourth-order valence-corrected chi connectivity index (χ4v) is 0.901. The van der Waals surface area contributed by atoms with Gasteiger partial charge in [0.25, 0.3) is 0 Å². The van der Waals surface area contributed by atoms with Gasteiger partial charge in [-0.05, 0) is 40.7 Å². The number of nitrogens with zero attached hydrogens (tertiary/aromatic N) is 1. The van der Waals surface area contributed by atoms with Crippen LogP contribution in [0.2, 0.25) is 0 Å². The molecule has 3 N–H and O–H groups in total. The van der Waals surface area contributed by atoms with Crippen LogP contribution in [0.25, 0.3) is 0 Å². The molecule has 0 amide bonds. The molecule has 0 rings (SSSR count). The normalized spacial score (nSPS) is 14.9. The molecule has 0 aromatic rings. The Morgan fingerprint density at radius 2 is 1.93 bits per heavy atom. The van der Waals surface area contributed by atoms with Crippen molar-refractivity contribution in [2.75, 3.05) is 0 Å². The standard InChI is InChI=1S/C11H21N3/c1-6-7-10(8-13-9(2)12)14-11(3,4)5/h6-8,14H,1-5H3,(H2,12,13)/b7-6-,10-8+. The van der Waals surface area contributed by atoms with Gasteiger partial charge in [-0.15, -0.1) is 0 Å². The molecular weight excluding hydrogens is 174 g/mol. The average molecular weight is 195 g/mol. The van der Waals surface area contributed by atoms with Gasteiger partial charge in [0, 0.05) is 5.54 Å². The molecule has 0 unspecified atom stereocenters. The molecule has 0 aliphatic carbocycles. The first kappa shape index (κ1) is 12.8. The molecule has 14 heavy (non-hydrogen) atoms. The molecule has 0 spiro atoms. The molecule has 0 radical (unpaired) electrons. The third kappa shape index (κ3) is 7.40. The van der Waals surface area contributed by atoms with Gasteiger partial charge in [0.1, 0.15) is 0 Å². The maximum absolute atomic E-state index is 5.45. The molecule has 0 aromatic heterocycles. The molecule has 0 aliphatic rings. The van der Waals surface area contributed by atoms with E-state index >= 15 is 0 Å². The van der Waals surface area contributed by atoms with Gasteiger partial charge in [0.05, 0.1) is 17.7 Å². The molecule has 0 aromatic carbocycles. The van der Waals surface area contributed by atoms with Crippen LogP contribution in [0.4, 0.5) is 0 Å². The van der Waals surface area contributed by atoms with Gasteiger partial charge in [0.2, 0.25) is 0 Å². The van der Waals surface area contributed by atoms with E-state index in [1.807, 2.05) is 19.1 Å². The number of rotatable bonds is 3. The minimum absolute atomic E-state index is 0.0311. The molecule has 3 nitrogen and oxygen atoms in total. The van der Waals surface area contributed by atoms with E-state index in [0.717, 1.165) is 5.70 Å². The predicted octanol–water partition coefficient (Wildman–Crippen LogP) is 2.17. The quantitative estimate of drug-likeness (QED) is 0.412. The minimum atomic E-state index is 0.0311. The topological polar surface area (TPSA) is 50.4 Å². The average Bonchev–Trinajstić information content (AvgIpc) is 1.98. The number of amidine groups is 1. The molecule has 80 valence electrons. The highest BCUT2D eigenvalue weighted by molar-refractivity contribution is 5.78. The lowest BCUT2D eigenvalue weighted by Gasteiger charge is -2.22. The van der Waals surface area contributed by atoms with Gasteiger partial charge in [-0.3, -0.25) is 0 Å². The van der Waals surface area contributed by atoms with Crippen LogP contribution >= 0.6 is 0 Å². The van der Waals surface area contributed by atoms with Crippen LogP contribution in [0.1, 0.15) is 34.6 Å². The van der Waals surface area contributed by atoms with Gasteiger partial charge in [0.15, 0.2) is 0 Å². The lowest BCUT2D eigenvalue weighted by atomic mass is 10.1. The van der Waals surface area contributed by atoms with Crippen molar-refractivity contribution in [3.8, 4) is 0 Å². The van der Waals surface area contributed by atoms with E-state index in [2.05, 4.69) is 31.1 Å². The maximum Gasteiger partial charge on any atom is 0.0958 e. The summed E-state index contributed by atoms with van der Waals surface area (Å²) in [6.07, 6.45) is 5.67. The second-order valence-corrected chi connectivity index (χ2v) is 4.23. The minimum Gasteiger partial charge on any atom is -0.387 e. The smallest absolute Gasteiger partial charge is 0.0958 e. The number of hydrogen-bond donors (Lipinski definition) is 2. The molecule has 0 saturated heterocycles. The third-order valence-electron chi connectivity index (χ3n) is 1.27. The Balaban J connectivity index is 4.61. The Labute approximate surface area is 86.8 Å². The third-order valence-corrected chi connectivity index (χ3v) is 1.27. The van der Waals surface area contributed by atoms with Crippen LogP contribution in [0.5, 0.6) is 0 Å². The number of aliphatic imine (C=N–C) groups is 1. The summed E-state index contributed by atoms with van der Waals surface area (Å²) < 4.78 is 0. The maximum atomic E-state index is 5.45. The summed E-state index contributed by atoms with van der Waals surface area (Å²) in [6, 6.07) is 0. The Kier molecular flexibility index (Phi) is 4.99. The van der Waals surface area contributed by atoms with Crippen molar-refractivity contribution in [2.24, 2.45) is 10.7 Å². The zero-order valence-corrected chi connectivity index (χ0v) is 9.76. The SMILES string of the molecule is C/C=C\C(=C/N=C(C)N)NC(C)(C)C. The monoisotopic (exact) mass is 195 g/mol. The molecule has 0 bridgehead atoms. The highest BCUT2D eigenvalue weighted by atomic mass is 15.0. The van der Waals surface area contributed by atoms with E-state index in [0.29, 0.717) is 5.84 Å². The van der Waals surface area contributed by atoms with E-state index < -0.39 is 0 Å². The number of nitrogens with two attached hydrogens (primary N) is 1. The van der Waals surface area contributed by atoms with Crippen molar-refractivity contribution in [3.63, 3.8) is 0 Å². The lowest BCUT2D eigenvalue weighted by Crippen LogP contribution is -2.34. The molecule has 0 saturated carbocycles. The van der Waals surface area contributed by atoms with Crippen LogP contribution in [0.15, 0.2) is 29.0 Å². The summed E-state index contributed by atoms with van der Waals surface area (Å²) in [7, 11) is 0. The van der Waals surface area contributed by atoms with Crippen molar-refractivity contribution < 1.29 is 0 Å². The summed E-state index contributed by atoms with van der Waals surface area (Å²) in [5, 5.41) is 3.32. The first-order valence-electron chi connectivity index (χ1n) is 4.76. The fraction of sp³-hybridized carbons (Fsp3) is 0.545. The second kappa shape index (κ2) is 5.47. The Morgan fingerprint density at radius 1 is 1.36 bits per heavy atom. The number of hydrogen-bond acceptors (Lipinski definition) is 2. The summed E-state index contributed by atoms with van der Waals surface area (Å²) >= 11 is 0. The summed E-state index contributed by atoms with van der Waals surface area (Å²) in [6.45, 7) is 10.0. The fourth-order valence-electron chi connectivity index (χ4n) is 0.901. The Hall–Kier alpha value is -1.25. The van der Waals surface area contributed by atoms with Gasteiger partial charge < -0.3 is 11.1 Å². The Bertz CT molecular complexity index is 250. The largest absolute Gasteiger partial charge is 0.387 e. The van der Waals surface area contributed by atoms with Crippen molar-refractivity contribution in [2.45, 2.75) is 40.2 Å². The van der Waals surface area contributed by atoms with Crippen molar-refractivity contribution in [3.05, 3.63) is 24.0 Å². The van der Waals surface area contributed by atoms with Gasteiger partial charge in [-0.25, -0.2) is 4.99 Å². The molecule has 0 fully saturated rings. The molecule has 3 heteroatoms. The summed E-state index contributed by atoms with van der Waals surface area (Å²) in [4.78, 5) is 4.05. The first-order valence-corrected chi connectivity index (χ1v) is 4.76. The van der Waals surface area contributed by atoms with Crippen LogP contribution in [-0.2, 0) is 0 Å². The van der Waals surface area contributed by atoms with E-state index in [1.165, 1.54) is 0 Å². The van der Waals surface area contributed by atoms with Gasteiger partial charge in [-0.2, -0.15) is 0 Å².